The first-order valence-corrected chi connectivity index (χ1v) is 6.96. The van der Waals surface area contributed by atoms with Crippen molar-refractivity contribution in [2.45, 2.75) is 11.4 Å². The molecular formula is C4H7Cl3Si. The van der Waals surface area contributed by atoms with Gasteiger partial charge in [0.2, 0.25) is 7.42 Å². The molecule has 0 saturated heterocycles. The van der Waals surface area contributed by atoms with Crippen LogP contribution in [0, 0.1) is 0 Å². The summed E-state index contributed by atoms with van der Waals surface area (Å²) in [6, 6.07) is 0.703. The Bertz CT molecular complexity index is 73.7. The van der Waals surface area contributed by atoms with Crippen molar-refractivity contribution in [3.63, 3.8) is 0 Å². The lowest BCUT2D eigenvalue weighted by atomic mass is 10.5. The molecular weight excluding hydrogens is 182 g/mol. The number of rotatable bonds is 3. The molecule has 0 heterocycles. The Morgan fingerprint density at radius 1 is 1.62 bits per heavy atom. The van der Waals surface area contributed by atoms with E-state index in [1.165, 1.54) is 0 Å². The van der Waals surface area contributed by atoms with Crippen LogP contribution in [0.4, 0.5) is 0 Å². The van der Waals surface area contributed by atoms with Crippen LogP contribution in [-0.2, 0) is 0 Å². The maximum absolute atomic E-state index is 5.61. The second kappa shape index (κ2) is 4.68. The monoisotopic (exact) mass is 188 g/mol. The average Bonchev–Trinajstić information content (AvgIpc) is 1.65. The van der Waals surface area contributed by atoms with E-state index in [0.29, 0.717) is 6.04 Å². The zero-order chi connectivity index (χ0) is 6.57. The molecule has 0 nitrogen and oxygen atoms in total. The molecule has 0 bridgehead atoms. The van der Waals surface area contributed by atoms with Crippen LogP contribution in [0.1, 0.15) is 0 Å². The van der Waals surface area contributed by atoms with Gasteiger partial charge in [-0.25, -0.2) is 0 Å². The molecule has 0 amide bonds. The molecule has 0 saturated carbocycles. The SMILES string of the molecule is C=CC(Cl)C[SiH](Cl)Cl. The highest BCUT2D eigenvalue weighted by molar-refractivity contribution is 7.33. The van der Waals surface area contributed by atoms with E-state index >= 15 is 0 Å². The van der Waals surface area contributed by atoms with Gasteiger partial charge < -0.3 is 0 Å². The molecule has 0 aromatic heterocycles. The topological polar surface area (TPSA) is 0 Å². The van der Waals surface area contributed by atoms with E-state index in [9.17, 15) is 0 Å². The quantitative estimate of drug-likeness (QED) is 0.277. The fourth-order valence-electron chi connectivity index (χ4n) is 0.266. The average molecular weight is 190 g/mol. The molecule has 0 aromatic carbocycles. The Kier molecular flexibility index (Phi) is 5.17. The van der Waals surface area contributed by atoms with Gasteiger partial charge in [-0.3, -0.25) is 0 Å². The maximum Gasteiger partial charge on any atom is 0.238 e. The van der Waals surface area contributed by atoms with Gasteiger partial charge in [0.15, 0.2) is 0 Å². The molecule has 0 spiro atoms. The van der Waals surface area contributed by atoms with E-state index in [0.717, 1.165) is 0 Å². The van der Waals surface area contributed by atoms with Crippen molar-refractivity contribution < 1.29 is 0 Å². The molecule has 0 aliphatic carbocycles. The predicted octanol–water partition coefficient (Wildman–Crippen LogP) is 2.48. The maximum atomic E-state index is 5.61. The third kappa shape index (κ3) is 4.97. The lowest BCUT2D eigenvalue weighted by molar-refractivity contribution is 1.22. The molecule has 0 aliphatic heterocycles. The standard InChI is InChI=1S/C4H7Cl3Si/c1-2-4(5)3-8(6)7/h2,4,8H,1,3H2. The predicted molar refractivity (Wildman–Crippen MR) is 43.5 cm³/mol. The minimum Gasteiger partial charge on any atom is -0.150 e. The minimum absolute atomic E-state index is 0.0401. The summed E-state index contributed by atoms with van der Waals surface area (Å²) in [5, 5.41) is -0.0401. The second-order valence-corrected chi connectivity index (χ2v) is 7.02. The summed E-state index contributed by atoms with van der Waals surface area (Å²) in [5.41, 5.74) is 0. The molecule has 1 unspecified atom stereocenters. The fraction of sp³-hybridized carbons (Fsp3) is 0.500. The van der Waals surface area contributed by atoms with Crippen LogP contribution in [0.5, 0.6) is 0 Å². The van der Waals surface area contributed by atoms with Gasteiger partial charge in [0.05, 0.1) is 5.38 Å². The van der Waals surface area contributed by atoms with Crippen molar-refractivity contribution in [2.24, 2.45) is 0 Å². The second-order valence-electron chi connectivity index (χ2n) is 1.38. The van der Waals surface area contributed by atoms with Gasteiger partial charge in [0, 0.05) is 0 Å². The minimum atomic E-state index is -1.50. The first-order valence-electron chi connectivity index (χ1n) is 2.21. The third-order valence-electron chi connectivity index (χ3n) is 0.659. The van der Waals surface area contributed by atoms with Crippen LogP contribution >= 0.6 is 33.8 Å². The summed E-state index contributed by atoms with van der Waals surface area (Å²) in [7, 11) is -1.50. The Labute approximate surface area is 65.4 Å². The summed E-state index contributed by atoms with van der Waals surface area (Å²) in [5.74, 6) is 0. The zero-order valence-electron chi connectivity index (χ0n) is 4.28. The van der Waals surface area contributed by atoms with Gasteiger partial charge in [-0.05, 0) is 6.04 Å². The Morgan fingerprint density at radius 3 is 2.25 bits per heavy atom. The van der Waals surface area contributed by atoms with Crippen LogP contribution in [0.25, 0.3) is 0 Å². The molecule has 0 aromatic rings. The molecule has 4 heteroatoms. The number of hydrogen-bond donors (Lipinski definition) is 0. The van der Waals surface area contributed by atoms with Crippen molar-refractivity contribution in [1.82, 2.24) is 0 Å². The molecule has 0 fully saturated rings. The van der Waals surface area contributed by atoms with Crippen molar-refractivity contribution in [3.8, 4) is 0 Å². The Morgan fingerprint density at radius 2 is 2.12 bits per heavy atom. The molecule has 0 radical (unpaired) electrons. The zero-order valence-corrected chi connectivity index (χ0v) is 7.70. The molecule has 0 N–H and O–H groups in total. The molecule has 1 atom stereocenters. The summed E-state index contributed by atoms with van der Waals surface area (Å²) in [6.07, 6.45) is 1.65. The number of allylic oxidation sites excluding steroid dienone is 1. The molecule has 0 rings (SSSR count). The van der Waals surface area contributed by atoms with Gasteiger partial charge in [0.25, 0.3) is 0 Å². The van der Waals surface area contributed by atoms with Crippen molar-refractivity contribution in [3.05, 3.63) is 12.7 Å². The molecule has 48 valence electrons. The number of halogens is 3. The third-order valence-corrected chi connectivity index (χ3v) is 3.25. The van der Waals surface area contributed by atoms with Crippen LogP contribution in [0.15, 0.2) is 12.7 Å². The summed E-state index contributed by atoms with van der Waals surface area (Å²) in [6.45, 7) is 3.49. The van der Waals surface area contributed by atoms with Crippen LogP contribution in [0.2, 0.25) is 6.04 Å². The van der Waals surface area contributed by atoms with Crippen molar-refractivity contribution >= 4 is 41.2 Å². The van der Waals surface area contributed by atoms with E-state index < -0.39 is 7.42 Å². The van der Waals surface area contributed by atoms with E-state index in [2.05, 4.69) is 6.58 Å². The lowest BCUT2D eigenvalue weighted by Crippen LogP contribution is -2.01. The van der Waals surface area contributed by atoms with Gasteiger partial charge in [-0.2, -0.15) is 22.2 Å². The largest absolute Gasteiger partial charge is 0.238 e. The summed E-state index contributed by atoms with van der Waals surface area (Å²) in [4.78, 5) is 0. The van der Waals surface area contributed by atoms with E-state index in [-0.39, 0.29) is 5.38 Å². The Balaban J connectivity index is 3.23. The normalized spacial score (nSPS) is 14.0. The van der Waals surface area contributed by atoms with E-state index in [1.54, 1.807) is 6.08 Å². The molecule has 0 aliphatic rings. The van der Waals surface area contributed by atoms with Gasteiger partial charge in [0.1, 0.15) is 0 Å². The summed E-state index contributed by atoms with van der Waals surface area (Å²) >= 11 is 16.7. The van der Waals surface area contributed by atoms with Crippen molar-refractivity contribution in [1.29, 1.82) is 0 Å². The number of hydrogen-bond acceptors (Lipinski definition) is 0. The first-order chi connectivity index (χ1) is 3.66. The van der Waals surface area contributed by atoms with Gasteiger partial charge in [-0.15, -0.1) is 18.2 Å². The van der Waals surface area contributed by atoms with E-state index in [1.807, 2.05) is 0 Å². The lowest BCUT2D eigenvalue weighted by Gasteiger charge is -1.99. The van der Waals surface area contributed by atoms with Gasteiger partial charge >= 0.3 is 0 Å². The smallest absolute Gasteiger partial charge is 0.150 e. The highest BCUT2D eigenvalue weighted by Gasteiger charge is 2.06. The van der Waals surface area contributed by atoms with Gasteiger partial charge in [-0.1, -0.05) is 6.08 Å². The van der Waals surface area contributed by atoms with Crippen LogP contribution in [-0.4, -0.2) is 12.8 Å². The molecule has 8 heavy (non-hydrogen) atoms. The highest BCUT2D eigenvalue weighted by Crippen LogP contribution is 2.12. The van der Waals surface area contributed by atoms with E-state index in [4.69, 9.17) is 33.8 Å². The van der Waals surface area contributed by atoms with Crippen LogP contribution < -0.4 is 0 Å². The Hall–Kier alpha value is 0.827. The first kappa shape index (κ1) is 8.83. The van der Waals surface area contributed by atoms with Crippen molar-refractivity contribution in [2.75, 3.05) is 0 Å². The number of alkyl halides is 1. The fourth-order valence-corrected chi connectivity index (χ4v) is 3.03. The highest BCUT2D eigenvalue weighted by atomic mass is 35.7. The van der Waals surface area contributed by atoms with Crippen LogP contribution in [0.3, 0.4) is 0 Å². The summed E-state index contributed by atoms with van der Waals surface area (Å²) < 4.78 is 0.